The van der Waals surface area contributed by atoms with E-state index in [0.717, 1.165) is 12.8 Å². The van der Waals surface area contributed by atoms with Crippen LogP contribution in [0, 0.1) is 11.7 Å². The van der Waals surface area contributed by atoms with E-state index in [-0.39, 0.29) is 17.6 Å². The minimum atomic E-state index is -0.400. The number of carbonyl (C=O) groups excluding carboxylic acids is 2. The van der Waals surface area contributed by atoms with Crippen molar-refractivity contribution in [2.24, 2.45) is 5.92 Å². The molecule has 1 fully saturated rings. The lowest BCUT2D eigenvalue weighted by atomic mass is 9.96. The number of anilines is 2. The summed E-state index contributed by atoms with van der Waals surface area (Å²) in [7, 11) is 0. The van der Waals surface area contributed by atoms with Gasteiger partial charge in [-0.25, -0.2) is 14.2 Å². The Kier molecular flexibility index (Phi) is 6.57. The van der Waals surface area contributed by atoms with Gasteiger partial charge in [-0.3, -0.25) is 4.79 Å². The first-order valence-electron chi connectivity index (χ1n) is 11.7. The summed E-state index contributed by atoms with van der Waals surface area (Å²) in [5.74, 6) is -0.510. The fraction of sp³-hybridized carbons (Fsp3) is 0.269. The number of hydrogen-bond acceptors (Lipinski definition) is 8. The predicted molar refractivity (Wildman–Crippen MR) is 131 cm³/mol. The van der Waals surface area contributed by atoms with Crippen molar-refractivity contribution in [2.45, 2.75) is 19.8 Å². The smallest absolute Gasteiger partial charge is 0.338 e. The average Bonchev–Trinajstić information content (AvgIpc) is 3.34. The zero-order valence-electron chi connectivity index (χ0n) is 19.6. The van der Waals surface area contributed by atoms with Gasteiger partial charge >= 0.3 is 5.97 Å². The summed E-state index contributed by atoms with van der Waals surface area (Å²) >= 11 is 0. The number of carbonyl (C=O) groups is 2. The molecular weight excluding hydrogens is 465 g/mol. The van der Waals surface area contributed by atoms with Crippen LogP contribution in [0.3, 0.4) is 0 Å². The molecule has 0 spiro atoms. The van der Waals surface area contributed by atoms with Crippen molar-refractivity contribution in [3.05, 3.63) is 66.2 Å². The number of nitrogens with zero attached hydrogens (tertiary/aromatic N) is 4. The highest BCUT2D eigenvalue weighted by Gasteiger charge is 2.29. The molecule has 0 radical (unpaired) electrons. The number of ether oxygens (including phenoxy) is 1. The number of esters is 1. The number of amides is 1. The fourth-order valence-electron chi connectivity index (χ4n) is 4.35. The van der Waals surface area contributed by atoms with Crippen LogP contribution in [0.1, 0.15) is 30.1 Å². The van der Waals surface area contributed by atoms with Gasteiger partial charge in [0.1, 0.15) is 29.0 Å². The minimum Gasteiger partial charge on any atom is -0.462 e. The molecule has 5 rings (SSSR count). The van der Waals surface area contributed by atoms with E-state index in [4.69, 9.17) is 9.26 Å². The Bertz CT molecular complexity index is 1390. The summed E-state index contributed by atoms with van der Waals surface area (Å²) in [6, 6.07) is 12.6. The molecule has 10 heteroatoms. The Balaban J connectivity index is 1.34. The van der Waals surface area contributed by atoms with Gasteiger partial charge < -0.3 is 19.5 Å². The normalized spacial score (nSPS) is 15.6. The van der Waals surface area contributed by atoms with Crippen molar-refractivity contribution in [3.8, 4) is 11.3 Å². The zero-order valence-corrected chi connectivity index (χ0v) is 19.6. The van der Waals surface area contributed by atoms with Gasteiger partial charge in [-0.1, -0.05) is 5.16 Å². The molecule has 1 aliphatic heterocycles. The molecule has 36 heavy (non-hydrogen) atoms. The molecule has 2 aromatic heterocycles. The molecule has 1 aliphatic rings. The molecule has 0 saturated carbocycles. The van der Waals surface area contributed by atoms with Crippen LogP contribution in [-0.4, -0.2) is 46.7 Å². The van der Waals surface area contributed by atoms with Crippen molar-refractivity contribution < 1.29 is 23.2 Å². The maximum absolute atomic E-state index is 13.4. The summed E-state index contributed by atoms with van der Waals surface area (Å²) in [5, 5.41) is 7.72. The second kappa shape index (κ2) is 10.1. The molecule has 2 aromatic carbocycles. The van der Waals surface area contributed by atoms with Crippen LogP contribution in [0.5, 0.6) is 0 Å². The average molecular weight is 490 g/mol. The SMILES string of the molecule is CCOC(=O)c1ccc(NC(=O)C2CCCN(c3ncnc4onc(-c5ccc(F)cc5)c34)C2)cc1. The highest BCUT2D eigenvalue weighted by molar-refractivity contribution is 5.98. The lowest BCUT2D eigenvalue weighted by Crippen LogP contribution is -2.41. The van der Waals surface area contributed by atoms with Gasteiger partial charge in [-0.2, -0.15) is 4.98 Å². The van der Waals surface area contributed by atoms with Crippen molar-refractivity contribution in [1.82, 2.24) is 15.1 Å². The summed E-state index contributed by atoms with van der Waals surface area (Å²) in [4.78, 5) is 35.6. The molecule has 184 valence electrons. The van der Waals surface area contributed by atoms with E-state index in [1.165, 1.54) is 18.5 Å². The standard InChI is InChI=1S/C26H24FN5O4/c1-2-35-26(34)17-7-11-20(12-8-17)30-24(33)18-4-3-13-32(14-18)23-21-22(16-5-9-19(27)10-6-16)31-36-25(21)29-15-28-23/h5-12,15,18H,2-4,13-14H2,1H3,(H,30,33). The third-order valence-corrected chi connectivity index (χ3v) is 6.13. The van der Waals surface area contributed by atoms with Crippen LogP contribution in [0.25, 0.3) is 22.4 Å². The molecule has 4 aromatic rings. The minimum absolute atomic E-state index is 0.113. The molecular formula is C26H24FN5O4. The van der Waals surface area contributed by atoms with Gasteiger partial charge in [0.15, 0.2) is 0 Å². The van der Waals surface area contributed by atoms with Gasteiger partial charge in [0.2, 0.25) is 5.91 Å². The van der Waals surface area contributed by atoms with Crippen molar-refractivity contribution in [1.29, 1.82) is 0 Å². The summed E-state index contributed by atoms with van der Waals surface area (Å²) < 4.78 is 23.9. The first-order valence-corrected chi connectivity index (χ1v) is 11.7. The van der Waals surface area contributed by atoms with Gasteiger partial charge in [-0.15, -0.1) is 0 Å². The molecule has 1 amide bonds. The molecule has 0 aliphatic carbocycles. The van der Waals surface area contributed by atoms with Crippen LogP contribution in [0.15, 0.2) is 59.4 Å². The molecule has 1 N–H and O–H groups in total. The number of hydrogen-bond donors (Lipinski definition) is 1. The Morgan fingerprint density at radius 1 is 1.14 bits per heavy atom. The third-order valence-electron chi connectivity index (χ3n) is 6.13. The maximum atomic E-state index is 13.4. The van der Waals surface area contributed by atoms with E-state index in [1.807, 2.05) is 4.90 Å². The number of rotatable bonds is 6. The Morgan fingerprint density at radius 3 is 2.67 bits per heavy atom. The molecule has 3 heterocycles. The third kappa shape index (κ3) is 4.74. The molecule has 0 bridgehead atoms. The summed E-state index contributed by atoms with van der Waals surface area (Å²) in [6.07, 6.45) is 2.93. The molecule has 1 saturated heterocycles. The number of piperidine rings is 1. The second-order valence-corrected chi connectivity index (χ2v) is 8.49. The number of fused-ring (bicyclic) bond motifs is 1. The van der Waals surface area contributed by atoms with Crippen LogP contribution >= 0.6 is 0 Å². The fourth-order valence-corrected chi connectivity index (χ4v) is 4.35. The van der Waals surface area contributed by atoms with Gasteiger partial charge in [0.05, 0.1) is 18.1 Å². The van der Waals surface area contributed by atoms with Crippen molar-refractivity contribution in [3.63, 3.8) is 0 Å². The first-order chi connectivity index (χ1) is 17.5. The Hall–Kier alpha value is -4.34. The quantitative estimate of drug-likeness (QED) is 0.396. The second-order valence-electron chi connectivity index (χ2n) is 8.49. The topological polar surface area (TPSA) is 110 Å². The van der Waals surface area contributed by atoms with E-state index >= 15 is 0 Å². The highest BCUT2D eigenvalue weighted by Crippen LogP contribution is 2.35. The number of aromatic nitrogens is 3. The Morgan fingerprint density at radius 2 is 1.92 bits per heavy atom. The number of nitrogens with one attached hydrogen (secondary N) is 1. The highest BCUT2D eigenvalue weighted by atomic mass is 19.1. The molecule has 1 unspecified atom stereocenters. The first kappa shape index (κ1) is 23.4. The monoisotopic (exact) mass is 489 g/mol. The number of benzene rings is 2. The summed E-state index contributed by atoms with van der Waals surface area (Å²) in [6.45, 7) is 3.21. The van der Waals surface area contributed by atoms with Gasteiger partial charge in [0.25, 0.3) is 5.71 Å². The van der Waals surface area contributed by atoms with E-state index in [1.54, 1.807) is 43.3 Å². The number of halogens is 1. The van der Waals surface area contributed by atoms with Crippen LogP contribution < -0.4 is 10.2 Å². The lowest BCUT2D eigenvalue weighted by Gasteiger charge is -2.33. The molecule has 9 nitrogen and oxygen atoms in total. The van der Waals surface area contributed by atoms with E-state index < -0.39 is 5.97 Å². The molecule has 1 atom stereocenters. The van der Waals surface area contributed by atoms with Crippen LogP contribution in [-0.2, 0) is 9.53 Å². The Labute approximate surface area is 206 Å². The lowest BCUT2D eigenvalue weighted by molar-refractivity contribution is -0.120. The van der Waals surface area contributed by atoms with Gasteiger partial charge in [0, 0.05) is 24.3 Å². The maximum Gasteiger partial charge on any atom is 0.338 e. The van der Waals surface area contributed by atoms with E-state index in [2.05, 4.69) is 20.4 Å². The van der Waals surface area contributed by atoms with Crippen molar-refractivity contribution in [2.75, 3.05) is 29.9 Å². The zero-order chi connectivity index (χ0) is 25.1. The van der Waals surface area contributed by atoms with Crippen LogP contribution in [0.4, 0.5) is 15.9 Å². The van der Waals surface area contributed by atoms with Crippen LogP contribution in [0.2, 0.25) is 0 Å². The largest absolute Gasteiger partial charge is 0.462 e. The van der Waals surface area contributed by atoms with Gasteiger partial charge in [-0.05, 0) is 68.3 Å². The summed E-state index contributed by atoms with van der Waals surface area (Å²) in [5.41, 5.74) is 2.56. The van der Waals surface area contributed by atoms with Crippen molar-refractivity contribution >= 4 is 34.5 Å². The predicted octanol–water partition coefficient (Wildman–Crippen LogP) is 4.46. The van der Waals surface area contributed by atoms with E-state index in [9.17, 15) is 14.0 Å². The van der Waals surface area contributed by atoms with E-state index in [0.29, 0.717) is 59.1 Å².